The first-order valence-corrected chi connectivity index (χ1v) is 11.2. The molecule has 0 radical (unpaired) electrons. The Morgan fingerprint density at radius 1 is 1.26 bits per heavy atom. The summed E-state index contributed by atoms with van der Waals surface area (Å²) < 4.78 is 41.6. The molecule has 1 aromatic heterocycles. The van der Waals surface area contributed by atoms with Gasteiger partial charge in [0.25, 0.3) is 5.91 Å². The van der Waals surface area contributed by atoms with Crippen LogP contribution in [0.2, 0.25) is 0 Å². The third-order valence-corrected chi connectivity index (χ3v) is 5.74. The number of ether oxygens (including phenoxy) is 3. The molecule has 0 fully saturated rings. The predicted octanol–water partition coefficient (Wildman–Crippen LogP) is 3.97. The van der Waals surface area contributed by atoms with Gasteiger partial charge in [-0.3, -0.25) is 9.79 Å². The highest BCUT2D eigenvalue weighted by Gasteiger charge is 2.18. The van der Waals surface area contributed by atoms with Gasteiger partial charge in [-0.05, 0) is 55.0 Å². The fraction of sp³-hybridized carbons (Fsp3) is 0.261. The Balaban J connectivity index is 1.73. The molecule has 1 N–H and O–H groups in total. The number of anilines is 1. The number of thiazole rings is 1. The van der Waals surface area contributed by atoms with Gasteiger partial charge in [0, 0.05) is 18.1 Å². The zero-order valence-electron chi connectivity index (χ0n) is 18.5. The van der Waals surface area contributed by atoms with E-state index in [0.29, 0.717) is 35.1 Å². The highest BCUT2D eigenvalue weighted by Crippen LogP contribution is 2.33. The number of nitrogens with one attached hydrogen (secondary N) is 1. The monoisotopic (exact) mass is 488 g/mol. The molecule has 0 spiro atoms. The Bertz CT molecular complexity index is 1270. The molecule has 178 valence electrons. The zero-order chi connectivity index (χ0) is 24.1. The number of carbonyl (C=O) groups is 1. The van der Waals surface area contributed by atoms with Crippen LogP contribution in [0.1, 0.15) is 12.5 Å². The van der Waals surface area contributed by atoms with Crippen molar-refractivity contribution in [2.45, 2.75) is 13.5 Å². The van der Waals surface area contributed by atoms with Crippen LogP contribution in [0.5, 0.6) is 11.5 Å². The van der Waals surface area contributed by atoms with Gasteiger partial charge in [0.15, 0.2) is 6.61 Å². The van der Waals surface area contributed by atoms with Crippen molar-refractivity contribution < 1.29 is 27.8 Å². The maximum atomic E-state index is 12.4. The maximum Gasteiger partial charge on any atom is 0.387 e. The molecule has 8 nitrogen and oxygen atoms in total. The minimum Gasteiger partial charge on any atom is -0.482 e. The summed E-state index contributed by atoms with van der Waals surface area (Å²) in [7, 11) is 1.61. The third-order valence-electron chi connectivity index (χ3n) is 4.88. The summed E-state index contributed by atoms with van der Waals surface area (Å²) in [5.41, 5.74) is 3.54. The molecule has 0 saturated carbocycles. The number of rotatable bonds is 8. The number of fused-ring (bicyclic) bond motifs is 1. The molecule has 11 heteroatoms. The van der Waals surface area contributed by atoms with Gasteiger partial charge in [-0.15, -0.1) is 11.3 Å². The number of benzene rings is 2. The lowest BCUT2D eigenvalue weighted by Crippen LogP contribution is -2.25. The van der Waals surface area contributed by atoms with E-state index in [1.807, 2.05) is 24.4 Å². The van der Waals surface area contributed by atoms with Crippen molar-refractivity contribution in [2.24, 2.45) is 10.1 Å². The van der Waals surface area contributed by atoms with E-state index in [0.717, 1.165) is 16.8 Å². The van der Waals surface area contributed by atoms with E-state index in [4.69, 9.17) is 14.6 Å². The fourth-order valence-corrected chi connectivity index (χ4v) is 4.12. The molecular formula is C23H22F2N4O4S. The SMILES string of the molecule is COCCN=c1scc(-c2ccc3c(c2)NC(=O)CO3)n1/N=C(\C)c1ccc(OC(F)F)cc1. The lowest BCUT2D eigenvalue weighted by atomic mass is 10.1. The number of nitrogens with zero attached hydrogens (tertiary/aromatic N) is 3. The normalized spacial score (nSPS) is 14.1. The van der Waals surface area contributed by atoms with Crippen molar-refractivity contribution in [3.63, 3.8) is 0 Å². The van der Waals surface area contributed by atoms with Crippen molar-refractivity contribution in [1.82, 2.24) is 4.68 Å². The Morgan fingerprint density at radius 3 is 2.79 bits per heavy atom. The Hall–Kier alpha value is -3.57. The van der Waals surface area contributed by atoms with E-state index < -0.39 is 6.61 Å². The summed E-state index contributed by atoms with van der Waals surface area (Å²) in [6, 6.07) is 11.8. The van der Waals surface area contributed by atoms with E-state index in [-0.39, 0.29) is 18.3 Å². The first-order valence-electron chi connectivity index (χ1n) is 10.3. The number of carbonyl (C=O) groups excluding carboxylic acids is 1. The standard InChI is InChI=1S/C23H22F2N4O4S/c1-14(15-3-6-17(7-4-15)33-22(24)25)28-29-19(13-34-23(29)26-9-10-31-2)16-5-8-20-18(11-16)27-21(30)12-32-20/h3-8,11,13,22H,9-10,12H2,1-2H3,(H,27,30)/b26-23?,28-14+. The molecule has 34 heavy (non-hydrogen) atoms. The number of methoxy groups -OCH3 is 1. The van der Waals surface area contributed by atoms with Gasteiger partial charge in [-0.2, -0.15) is 13.9 Å². The number of halogens is 2. The molecule has 1 amide bonds. The van der Waals surface area contributed by atoms with Gasteiger partial charge < -0.3 is 19.5 Å². The van der Waals surface area contributed by atoms with E-state index in [9.17, 15) is 13.6 Å². The lowest BCUT2D eigenvalue weighted by molar-refractivity contribution is -0.118. The van der Waals surface area contributed by atoms with Gasteiger partial charge in [-0.1, -0.05) is 0 Å². The number of amides is 1. The Kier molecular flexibility index (Phi) is 7.33. The molecule has 1 aliphatic heterocycles. The number of hydrogen-bond acceptors (Lipinski definition) is 7. The smallest absolute Gasteiger partial charge is 0.387 e. The van der Waals surface area contributed by atoms with E-state index in [1.165, 1.54) is 23.5 Å². The second-order valence-electron chi connectivity index (χ2n) is 7.23. The van der Waals surface area contributed by atoms with Crippen molar-refractivity contribution in [1.29, 1.82) is 0 Å². The molecule has 1 aliphatic rings. The fourth-order valence-electron chi connectivity index (χ4n) is 3.26. The minimum absolute atomic E-state index is 0.0159. The van der Waals surface area contributed by atoms with Crippen LogP contribution in [0.3, 0.4) is 0 Å². The summed E-state index contributed by atoms with van der Waals surface area (Å²) in [5, 5.41) is 9.50. The van der Waals surface area contributed by atoms with Crippen molar-refractivity contribution in [3.05, 3.63) is 58.2 Å². The Morgan fingerprint density at radius 2 is 2.06 bits per heavy atom. The van der Waals surface area contributed by atoms with Gasteiger partial charge in [0.2, 0.25) is 4.80 Å². The summed E-state index contributed by atoms with van der Waals surface area (Å²) >= 11 is 1.42. The van der Waals surface area contributed by atoms with Gasteiger partial charge in [-0.25, -0.2) is 4.68 Å². The number of alkyl halides is 2. The first-order chi connectivity index (χ1) is 16.4. The third kappa shape index (κ3) is 5.49. The number of aromatic nitrogens is 1. The molecule has 0 saturated heterocycles. The van der Waals surface area contributed by atoms with Crippen molar-refractivity contribution in [2.75, 3.05) is 32.2 Å². The quantitative estimate of drug-likeness (QED) is 0.384. The zero-order valence-corrected chi connectivity index (χ0v) is 19.3. The minimum atomic E-state index is -2.88. The Labute approximate surface area is 198 Å². The molecular weight excluding hydrogens is 466 g/mol. The molecule has 0 bridgehead atoms. The van der Waals surface area contributed by atoms with Gasteiger partial charge in [0.05, 0.1) is 30.2 Å². The predicted molar refractivity (Wildman–Crippen MR) is 125 cm³/mol. The van der Waals surface area contributed by atoms with E-state index in [2.05, 4.69) is 15.0 Å². The van der Waals surface area contributed by atoms with Crippen molar-refractivity contribution in [3.8, 4) is 22.8 Å². The molecule has 0 unspecified atom stereocenters. The highest BCUT2D eigenvalue weighted by molar-refractivity contribution is 7.07. The lowest BCUT2D eigenvalue weighted by Gasteiger charge is -2.18. The van der Waals surface area contributed by atoms with Crippen LogP contribution in [-0.2, 0) is 9.53 Å². The highest BCUT2D eigenvalue weighted by atomic mass is 32.1. The second-order valence-corrected chi connectivity index (χ2v) is 8.06. The first kappa shape index (κ1) is 23.6. The van der Waals surface area contributed by atoms with Gasteiger partial charge in [0.1, 0.15) is 11.5 Å². The van der Waals surface area contributed by atoms with E-state index >= 15 is 0 Å². The molecule has 4 rings (SSSR count). The summed E-state index contributed by atoms with van der Waals surface area (Å²) in [6.07, 6.45) is 0. The molecule has 0 aliphatic carbocycles. The van der Waals surface area contributed by atoms with Crippen LogP contribution in [0.25, 0.3) is 11.3 Å². The molecule has 3 aromatic rings. The summed E-state index contributed by atoms with van der Waals surface area (Å²) in [4.78, 5) is 17.0. The van der Waals surface area contributed by atoms with Crippen LogP contribution in [-0.4, -0.2) is 49.8 Å². The topological polar surface area (TPSA) is 86.4 Å². The maximum absolute atomic E-state index is 12.4. The van der Waals surface area contributed by atoms with E-state index in [1.54, 1.807) is 30.0 Å². The van der Waals surface area contributed by atoms with Crippen LogP contribution >= 0.6 is 11.3 Å². The molecule has 2 aromatic carbocycles. The van der Waals surface area contributed by atoms with Crippen LogP contribution in [0.4, 0.5) is 14.5 Å². The van der Waals surface area contributed by atoms with Gasteiger partial charge >= 0.3 is 6.61 Å². The summed E-state index contributed by atoms with van der Waals surface area (Å²) in [5.74, 6) is 0.455. The average Bonchev–Trinajstić information content (AvgIpc) is 3.21. The van der Waals surface area contributed by atoms with Crippen molar-refractivity contribution >= 4 is 28.6 Å². The molecule has 2 heterocycles. The average molecular weight is 489 g/mol. The van der Waals surface area contributed by atoms with Crippen LogP contribution in [0.15, 0.2) is 57.9 Å². The molecule has 0 atom stereocenters. The van der Waals surface area contributed by atoms with Crippen LogP contribution < -0.4 is 19.6 Å². The summed E-state index contributed by atoms with van der Waals surface area (Å²) in [6.45, 7) is -0.162. The largest absolute Gasteiger partial charge is 0.482 e. The second kappa shape index (κ2) is 10.6. The number of hydrogen-bond donors (Lipinski definition) is 1. The van der Waals surface area contributed by atoms with Crippen LogP contribution in [0, 0.1) is 0 Å².